The van der Waals surface area contributed by atoms with Crippen LogP contribution in [0.25, 0.3) is 11.5 Å². The fourth-order valence-electron chi connectivity index (χ4n) is 2.23. The second-order valence-electron chi connectivity index (χ2n) is 5.13. The molecule has 7 heteroatoms. The Morgan fingerprint density at radius 1 is 1.43 bits per heavy atom. The summed E-state index contributed by atoms with van der Waals surface area (Å²) in [5.41, 5.74) is 1.45. The molecule has 0 radical (unpaired) electrons. The highest BCUT2D eigenvalue weighted by molar-refractivity contribution is 5.86. The summed E-state index contributed by atoms with van der Waals surface area (Å²) in [6.45, 7) is 1.72. The van der Waals surface area contributed by atoms with E-state index in [1.54, 1.807) is 13.0 Å². The predicted molar refractivity (Wildman–Crippen MR) is 72.3 cm³/mol. The Bertz CT molecular complexity index is 746. The predicted octanol–water partition coefficient (Wildman–Crippen LogP) is 3.13. The van der Waals surface area contributed by atoms with Crippen molar-refractivity contribution in [3.8, 4) is 11.5 Å². The zero-order valence-corrected chi connectivity index (χ0v) is 11.2. The van der Waals surface area contributed by atoms with Gasteiger partial charge in [-0.1, -0.05) is 0 Å². The van der Waals surface area contributed by atoms with E-state index >= 15 is 0 Å². The summed E-state index contributed by atoms with van der Waals surface area (Å²) in [4.78, 5) is 25.8. The van der Waals surface area contributed by atoms with Crippen LogP contribution in [0.3, 0.4) is 0 Å². The van der Waals surface area contributed by atoms with Crippen molar-refractivity contribution in [3.63, 3.8) is 0 Å². The van der Waals surface area contributed by atoms with Crippen LogP contribution in [0.5, 0.6) is 0 Å². The first-order chi connectivity index (χ1) is 9.95. The first-order valence-corrected chi connectivity index (χ1v) is 6.46. The normalized spacial score (nSPS) is 14.1. The van der Waals surface area contributed by atoms with Crippen molar-refractivity contribution in [1.82, 2.24) is 4.98 Å². The summed E-state index contributed by atoms with van der Waals surface area (Å²) in [6.07, 6.45) is 1.78. The van der Waals surface area contributed by atoms with Crippen LogP contribution in [0.2, 0.25) is 0 Å². The molecule has 0 spiro atoms. The molecule has 0 amide bonds. The number of nitro benzene ring substituents is 1. The van der Waals surface area contributed by atoms with E-state index in [9.17, 15) is 14.9 Å². The first-order valence-electron chi connectivity index (χ1n) is 6.46. The minimum Gasteiger partial charge on any atom is -0.475 e. The number of aromatic nitrogens is 1. The fraction of sp³-hybridized carbons (Fsp3) is 0.286. The fourth-order valence-corrected chi connectivity index (χ4v) is 2.23. The lowest BCUT2D eigenvalue weighted by Crippen LogP contribution is -1.98. The van der Waals surface area contributed by atoms with Gasteiger partial charge in [0.15, 0.2) is 0 Å². The van der Waals surface area contributed by atoms with Gasteiger partial charge in [-0.25, -0.2) is 9.78 Å². The summed E-state index contributed by atoms with van der Waals surface area (Å²) in [5, 5.41) is 20.1. The van der Waals surface area contributed by atoms with Crippen molar-refractivity contribution in [1.29, 1.82) is 0 Å². The average molecular weight is 288 g/mol. The maximum absolute atomic E-state index is 11.2. The summed E-state index contributed by atoms with van der Waals surface area (Å²) in [6, 6.07) is 4.45. The molecule has 0 aliphatic heterocycles. The molecule has 1 heterocycles. The van der Waals surface area contributed by atoms with Crippen LogP contribution in [0.1, 0.15) is 40.6 Å². The van der Waals surface area contributed by atoms with E-state index in [0.29, 0.717) is 16.8 Å². The van der Waals surface area contributed by atoms with Crippen molar-refractivity contribution in [2.75, 3.05) is 0 Å². The lowest BCUT2D eigenvalue weighted by atomic mass is 10.1. The number of nitro groups is 1. The minimum atomic E-state index is -1.17. The zero-order chi connectivity index (χ0) is 15.1. The number of non-ortho nitro benzene ring substituents is 1. The minimum absolute atomic E-state index is 0.0759. The molecule has 21 heavy (non-hydrogen) atoms. The van der Waals surface area contributed by atoms with Crippen LogP contribution >= 0.6 is 0 Å². The summed E-state index contributed by atoms with van der Waals surface area (Å²) < 4.78 is 5.32. The molecular formula is C14H12N2O5. The van der Waals surface area contributed by atoms with E-state index < -0.39 is 10.9 Å². The number of oxazole rings is 1. The highest BCUT2D eigenvalue weighted by atomic mass is 16.6. The average Bonchev–Trinajstić information content (AvgIpc) is 3.16. The van der Waals surface area contributed by atoms with Crippen LogP contribution in [0, 0.1) is 17.0 Å². The molecule has 0 bridgehead atoms. The Labute approximate surface area is 119 Å². The quantitative estimate of drug-likeness (QED) is 0.684. The standard InChI is InChI=1S/C14H12N2O5/c1-7-4-9(6-10(5-7)16(19)20)13-15-11(8-2-3-8)12(21-13)14(17)18/h4-6,8H,2-3H2,1H3,(H,17,18). The highest BCUT2D eigenvalue weighted by Gasteiger charge is 2.33. The number of rotatable bonds is 4. The van der Waals surface area contributed by atoms with Gasteiger partial charge >= 0.3 is 5.97 Å². The molecule has 1 aromatic carbocycles. The molecule has 0 saturated heterocycles. The largest absolute Gasteiger partial charge is 0.475 e. The molecule has 1 aromatic heterocycles. The van der Waals surface area contributed by atoms with Gasteiger partial charge in [-0.3, -0.25) is 10.1 Å². The number of carboxylic acid groups (broad SMARTS) is 1. The number of aromatic carboxylic acids is 1. The molecule has 7 nitrogen and oxygen atoms in total. The van der Waals surface area contributed by atoms with Crippen LogP contribution in [-0.4, -0.2) is 21.0 Å². The second-order valence-corrected chi connectivity index (χ2v) is 5.13. The third-order valence-electron chi connectivity index (χ3n) is 3.33. The molecule has 1 fully saturated rings. The third-order valence-corrected chi connectivity index (χ3v) is 3.33. The van der Waals surface area contributed by atoms with Crippen molar-refractivity contribution >= 4 is 11.7 Å². The number of benzene rings is 1. The van der Waals surface area contributed by atoms with Crippen molar-refractivity contribution in [2.24, 2.45) is 0 Å². The van der Waals surface area contributed by atoms with E-state index in [1.807, 2.05) is 0 Å². The molecular weight excluding hydrogens is 276 g/mol. The molecule has 3 rings (SSSR count). The van der Waals surface area contributed by atoms with Crippen molar-refractivity contribution in [2.45, 2.75) is 25.7 Å². The van der Waals surface area contributed by atoms with Crippen molar-refractivity contribution in [3.05, 3.63) is 45.3 Å². The lowest BCUT2D eigenvalue weighted by molar-refractivity contribution is -0.384. The molecule has 1 aliphatic carbocycles. The summed E-state index contributed by atoms with van der Waals surface area (Å²) in [5.74, 6) is -1.11. The molecule has 0 atom stereocenters. The number of hydrogen-bond donors (Lipinski definition) is 1. The summed E-state index contributed by atoms with van der Waals surface area (Å²) in [7, 11) is 0. The van der Waals surface area contributed by atoms with Gasteiger partial charge in [-0.2, -0.15) is 0 Å². The van der Waals surface area contributed by atoms with Crippen LogP contribution in [0.15, 0.2) is 22.6 Å². The van der Waals surface area contributed by atoms with Gasteiger partial charge in [-0.05, 0) is 31.4 Å². The molecule has 1 N–H and O–H groups in total. The molecule has 1 aliphatic rings. The Hall–Kier alpha value is -2.70. The SMILES string of the molecule is Cc1cc(-c2nc(C3CC3)c(C(=O)O)o2)cc([N+](=O)[O-])c1. The van der Waals surface area contributed by atoms with Gasteiger partial charge < -0.3 is 9.52 Å². The number of carboxylic acids is 1. The van der Waals surface area contributed by atoms with Crippen LogP contribution in [0.4, 0.5) is 5.69 Å². The second kappa shape index (κ2) is 4.69. The van der Waals surface area contributed by atoms with Crippen molar-refractivity contribution < 1.29 is 19.2 Å². The number of hydrogen-bond acceptors (Lipinski definition) is 5. The van der Waals surface area contributed by atoms with E-state index in [0.717, 1.165) is 12.8 Å². The number of nitrogens with zero attached hydrogens (tertiary/aromatic N) is 2. The maximum atomic E-state index is 11.2. The van der Waals surface area contributed by atoms with Gasteiger partial charge in [-0.15, -0.1) is 0 Å². The van der Waals surface area contributed by atoms with Gasteiger partial charge in [0, 0.05) is 23.6 Å². The van der Waals surface area contributed by atoms with E-state index in [2.05, 4.69) is 4.98 Å². The molecule has 108 valence electrons. The van der Waals surface area contributed by atoms with Crippen LogP contribution < -0.4 is 0 Å². The van der Waals surface area contributed by atoms with Gasteiger partial charge in [0.2, 0.25) is 11.7 Å². The van der Waals surface area contributed by atoms with E-state index in [-0.39, 0.29) is 23.3 Å². The lowest BCUT2D eigenvalue weighted by Gasteiger charge is -1.99. The van der Waals surface area contributed by atoms with Gasteiger partial charge in [0.1, 0.15) is 0 Å². The maximum Gasteiger partial charge on any atom is 0.373 e. The Morgan fingerprint density at radius 3 is 2.71 bits per heavy atom. The van der Waals surface area contributed by atoms with E-state index in [4.69, 9.17) is 9.52 Å². The van der Waals surface area contributed by atoms with Crippen LogP contribution in [-0.2, 0) is 0 Å². The Morgan fingerprint density at radius 2 is 2.14 bits per heavy atom. The van der Waals surface area contributed by atoms with Gasteiger partial charge in [0.05, 0.1) is 10.6 Å². The topological polar surface area (TPSA) is 106 Å². The monoisotopic (exact) mass is 288 g/mol. The van der Waals surface area contributed by atoms with E-state index in [1.165, 1.54) is 12.1 Å². The van der Waals surface area contributed by atoms with Gasteiger partial charge in [0.25, 0.3) is 5.69 Å². The Balaban J connectivity index is 2.10. The number of carbonyl (C=O) groups is 1. The summed E-state index contributed by atoms with van der Waals surface area (Å²) >= 11 is 0. The number of aryl methyl sites for hydroxylation is 1. The molecule has 1 saturated carbocycles. The zero-order valence-electron chi connectivity index (χ0n) is 11.2. The third kappa shape index (κ3) is 2.49. The smallest absolute Gasteiger partial charge is 0.373 e. The first kappa shape index (κ1) is 13.3. The molecule has 0 unspecified atom stereocenters. The molecule has 2 aromatic rings. The highest BCUT2D eigenvalue weighted by Crippen LogP contribution is 2.42. The Kier molecular flexibility index (Phi) is 2.97.